The molecule has 1 aromatic rings. The fraction of sp³-hybridized carbons (Fsp3) is 0.467. The van der Waals surface area contributed by atoms with E-state index in [9.17, 15) is 9.59 Å². The zero-order valence-electron chi connectivity index (χ0n) is 11.5. The maximum absolute atomic E-state index is 11.6. The summed E-state index contributed by atoms with van der Waals surface area (Å²) in [6.07, 6.45) is 9.32. The van der Waals surface area contributed by atoms with Gasteiger partial charge in [0.15, 0.2) is 0 Å². The van der Waals surface area contributed by atoms with Crippen molar-refractivity contribution >= 4 is 11.8 Å². The van der Waals surface area contributed by atoms with Gasteiger partial charge in [-0.25, -0.2) is 0 Å². The van der Waals surface area contributed by atoms with Gasteiger partial charge in [-0.05, 0) is 44.2 Å². The van der Waals surface area contributed by atoms with Crippen LogP contribution in [0.15, 0.2) is 34.5 Å². The molecule has 0 spiro atoms. The highest BCUT2D eigenvalue weighted by Crippen LogP contribution is 2.19. The van der Waals surface area contributed by atoms with Crippen LogP contribution in [0.3, 0.4) is 0 Å². The van der Waals surface area contributed by atoms with E-state index in [0.717, 1.165) is 19.3 Å². The van der Waals surface area contributed by atoms with Crippen LogP contribution in [0.1, 0.15) is 37.9 Å². The summed E-state index contributed by atoms with van der Waals surface area (Å²) in [5, 5.41) is 5.15. The van der Waals surface area contributed by atoms with Crippen LogP contribution in [0.4, 0.5) is 0 Å². The van der Waals surface area contributed by atoms with Crippen LogP contribution in [-0.2, 0) is 16.1 Å². The number of nitrogens with one attached hydrogen (secondary N) is 2. The molecule has 0 fully saturated rings. The van der Waals surface area contributed by atoms with Crippen molar-refractivity contribution in [2.45, 2.75) is 38.6 Å². The number of amides is 2. The van der Waals surface area contributed by atoms with Gasteiger partial charge in [-0.3, -0.25) is 9.59 Å². The van der Waals surface area contributed by atoms with Gasteiger partial charge in [-0.2, -0.15) is 0 Å². The number of furan rings is 1. The minimum absolute atomic E-state index is 0.227. The van der Waals surface area contributed by atoms with Crippen LogP contribution in [0.2, 0.25) is 0 Å². The summed E-state index contributed by atoms with van der Waals surface area (Å²) in [4.78, 5) is 23.1. The Morgan fingerprint density at radius 1 is 1.20 bits per heavy atom. The van der Waals surface area contributed by atoms with Crippen LogP contribution in [0, 0.1) is 0 Å². The van der Waals surface area contributed by atoms with E-state index in [1.807, 2.05) is 0 Å². The number of allylic oxidation sites excluding steroid dienone is 1. The van der Waals surface area contributed by atoms with Gasteiger partial charge in [0.25, 0.3) is 0 Å². The van der Waals surface area contributed by atoms with Gasteiger partial charge in [-0.15, -0.1) is 0 Å². The van der Waals surface area contributed by atoms with E-state index in [4.69, 9.17) is 4.42 Å². The Hall–Kier alpha value is -2.04. The van der Waals surface area contributed by atoms with Crippen molar-refractivity contribution in [1.82, 2.24) is 10.6 Å². The Morgan fingerprint density at radius 2 is 2.05 bits per heavy atom. The maximum Gasteiger partial charge on any atom is 0.309 e. The third-order valence-corrected chi connectivity index (χ3v) is 3.33. The molecule has 20 heavy (non-hydrogen) atoms. The average molecular weight is 276 g/mol. The molecule has 0 atom stereocenters. The Bertz CT molecular complexity index is 477. The van der Waals surface area contributed by atoms with E-state index in [2.05, 4.69) is 16.7 Å². The van der Waals surface area contributed by atoms with E-state index in [1.54, 1.807) is 12.1 Å². The summed E-state index contributed by atoms with van der Waals surface area (Å²) >= 11 is 0. The number of carbonyl (C=O) groups excluding carboxylic acids is 2. The second kappa shape index (κ2) is 7.53. The molecule has 0 radical (unpaired) electrons. The van der Waals surface area contributed by atoms with Crippen LogP contribution in [0.5, 0.6) is 0 Å². The van der Waals surface area contributed by atoms with Crippen LogP contribution in [0.25, 0.3) is 0 Å². The lowest BCUT2D eigenvalue weighted by Crippen LogP contribution is -2.40. The molecule has 0 bridgehead atoms. The van der Waals surface area contributed by atoms with Gasteiger partial charge < -0.3 is 15.1 Å². The van der Waals surface area contributed by atoms with Crippen molar-refractivity contribution in [3.05, 3.63) is 35.8 Å². The molecule has 0 unspecified atom stereocenters. The van der Waals surface area contributed by atoms with Gasteiger partial charge >= 0.3 is 11.8 Å². The molecule has 5 nitrogen and oxygen atoms in total. The first-order valence-electron chi connectivity index (χ1n) is 7.02. The zero-order chi connectivity index (χ0) is 14.2. The van der Waals surface area contributed by atoms with Gasteiger partial charge in [0.05, 0.1) is 12.8 Å². The zero-order valence-corrected chi connectivity index (χ0v) is 11.5. The first-order valence-corrected chi connectivity index (χ1v) is 7.02. The molecular weight excluding hydrogens is 256 g/mol. The summed E-state index contributed by atoms with van der Waals surface area (Å²) in [6, 6.07) is 3.48. The lowest BCUT2D eigenvalue weighted by molar-refractivity contribution is -0.139. The molecule has 108 valence electrons. The first kappa shape index (κ1) is 14.4. The third-order valence-electron chi connectivity index (χ3n) is 3.33. The smallest absolute Gasteiger partial charge is 0.309 e. The first-order chi connectivity index (χ1) is 9.75. The van der Waals surface area contributed by atoms with Crippen molar-refractivity contribution in [2.75, 3.05) is 6.54 Å². The van der Waals surface area contributed by atoms with Crippen LogP contribution in [-0.4, -0.2) is 18.4 Å². The minimum Gasteiger partial charge on any atom is -0.467 e. The van der Waals surface area contributed by atoms with Crippen LogP contribution >= 0.6 is 0 Å². The molecule has 5 heteroatoms. The Morgan fingerprint density at radius 3 is 2.75 bits per heavy atom. The monoisotopic (exact) mass is 276 g/mol. The van der Waals surface area contributed by atoms with Gasteiger partial charge in [0.2, 0.25) is 0 Å². The van der Waals surface area contributed by atoms with Crippen LogP contribution < -0.4 is 10.6 Å². The lowest BCUT2D eigenvalue weighted by Gasteiger charge is -2.12. The lowest BCUT2D eigenvalue weighted by atomic mass is 9.97. The molecule has 1 aliphatic rings. The fourth-order valence-corrected chi connectivity index (χ4v) is 2.21. The van der Waals surface area contributed by atoms with Crippen molar-refractivity contribution in [2.24, 2.45) is 0 Å². The molecule has 0 saturated carbocycles. The quantitative estimate of drug-likeness (QED) is 0.637. The van der Waals surface area contributed by atoms with E-state index in [1.165, 1.54) is 24.7 Å². The number of hydrogen-bond donors (Lipinski definition) is 2. The van der Waals surface area contributed by atoms with E-state index in [0.29, 0.717) is 12.3 Å². The van der Waals surface area contributed by atoms with Gasteiger partial charge in [0.1, 0.15) is 5.76 Å². The highest BCUT2D eigenvalue weighted by Gasteiger charge is 2.13. The predicted octanol–water partition coefficient (Wildman–Crippen LogP) is 1.90. The molecule has 1 aliphatic carbocycles. The summed E-state index contributed by atoms with van der Waals surface area (Å²) in [6.45, 7) is 0.739. The summed E-state index contributed by atoms with van der Waals surface area (Å²) < 4.78 is 5.07. The predicted molar refractivity (Wildman–Crippen MR) is 74.7 cm³/mol. The highest BCUT2D eigenvalue weighted by atomic mass is 16.3. The van der Waals surface area contributed by atoms with E-state index >= 15 is 0 Å². The topological polar surface area (TPSA) is 71.3 Å². The van der Waals surface area contributed by atoms with E-state index < -0.39 is 11.8 Å². The van der Waals surface area contributed by atoms with Crippen molar-refractivity contribution < 1.29 is 14.0 Å². The molecule has 1 heterocycles. The molecular formula is C15H20N2O3. The molecule has 0 saturated heterocycles. The second-order valence-corrected chi connectivity index (χ2v) is 4.88. The SMILES string of the molecule is O=C(NCCC1=CCCCC1)C(=O)NCc1ccco1. The largest absolute Gasteiger partial charge is 0.467 e. The molecule has 1 aromatic heterocycles. The summed E-state index contributed by atoms with van der Waals surface area (Å²) in [7, 11) is 0. The molecule has 2 rings (SSSR count). The fourth-order valence-electron chi connectivity index (χ4n) is 2.21. The standard InChI is InChI=1S/C15H20N2O3/c18-14(15(19)17-11-13-7-4-10-20-13)16-9-8-12-5-2-1-3-6-12/h4-5,7,10H,1-3,6,8-9,11H2,(H,16,18)(H,17,19). The maximum atomic E-state index is 11.6. The Kier molecular flexibility index (Phi) is 5.41. The second-order valence-electron chi connectivity index (χ2n) is 4.88. The minimum atomic E-state index is -0.626. The Balaban J connectivity index is 1.63. The molecule has 2 amide bonds. The van der Waals surface area contributed by atoms with E-state index in [-0.39, 0.29) is 6.54 Å². The van der Waals surface area contributed by atoms with Crippen molar-refractivity contribution in [1.29, 1.82) is 0 Å². The molecule has 2 N–H and O–H groups in total. The van der Waals surface area contributed by atoms with Crippen molar-refractivity contribution in [3.8, 4) is 0 Å². The number of hydrogen-bond acceptors (Lipinski definition) is 3. The normalized spacial score (nSPS) is 14.5. The number of carbonyl (C=O) groups is 2. The van der Waals surface area contributed by atoms with Crippen molar-refractivity contribution in [3.63, 3.8) is 0 Å². The molecule has 0 aromatic carbocycles. The molecule has 0 aliphatic heterocycles. The van der Waals surface area contributed by atoms with Gasteiger partial charge in [0, 0.05) is 6.54 Å². The third kappa shape index (κ3) is 4.57. The van der Waals surface area contributed by atoms with Gasteiger partial charge in [-0.1, -0.05) is 11.6 Å². The average Bonchev–Trinajstić information content (AvgIpc) is 2.99. The number of rotatable bonds is 5. The summed E-state index contributed by atoms with van der Waals surface area (Å²) in [5.41, 5.74) is 1.38. The highest BCUT2D eigenvalue weighted by molar-refractivity contribution is 6.35. The summed E-state index contributed by atoms with van der Waals surface area (Å²) in [5.74, 6) is -0.592. The Labute approximate surface area is 118 Å².